The molecule has 1 aromatic heterocycles. The van der Waals surface area contributed by atoms with Crippen LogP contribution in [0.15, 0.2) is 18.2 Å². The summed E-state index contributed by atoms with van der Waals surface area (Å²) in [6, 6.07) is 5.43. The van der Waals surface area contributed by atoms with Gasteiger partial charge >= 0.3 is 5.97 Å². The van der Waals surface area contributed by atoms with Crippen LogP contribution in [0.3, 0.4) is 0 Å². The SMILES string of the molecule is COC(=O)CNc1nc(F)c(Cl)c(Nc2ccc(OC)c(C(C)C)c2)c1Cl. The van der Waals surface area contributed by atoms with Crippen LogP contribution >= 0.6 is 23.2 Å². The van der Waals surface area contributed by atoms with Crippen molar-refractivity contribution in [3.8, 4) is 5.75 Å². The molecule has 2 rings (SSSR count). The summed E-state index contributed by atoms with van der Waals surface area (Å²) in [6.07, 6.45) is 0. The number of aromatic nitrogens is 1. The summed E-state index contributed by atoms with van der Waals surface area (Å²) >= 11 is 12.4. The number of methoxy groups -OCH3 is 2. The first-order valence-corrected chi connectivity index (χ1v) is 8.84. The van der Waals surface area contributed by atoms with Crippen molar-refractivity contribution in [1.82, 2.24) is 4.98 Å². The second-order valence-corrected chi connectivity index (χ2v) is 6.68. The van der Waals surface area contributed by atoms with E-state index >= 15 is 0 Å². The van der Waals surface area contributed by atoms with Gasteiger partial charge in [-0.3, -0.25) is 4.79 Å². The molecular formula is C18H20Cl2FN3O3. The third-order valence-corrected chi connectivity index (χ3v) is 4.50. The number of carbonyl (C=O) groups is 1. The maximum absolute atomic E-state index is 14.1. The number of halogens is 3. The zero-order chi connectivity index (χ0) is 20.1. The van der Waals surface area contributed by atoms with E-state index in [1.54, 1.807) is 19.2 Å². The minimum absolute atomic E-state index is 0.0240. The normalized spacial score (nSPS) is 10.7. The Kier molecular flexibility index (Phi) is 7.10. The molecule has 0 saturated heterocycles. The van der Waals surface area contributed by atoms with E-state index in [4.69, 9.17) is 27.9 Å². The maximum Gasteiger partial charge on any atom is 0.325 e. The Bertz CT molecular complexity index is 847. The topological polar surface area (TPSA) is 72.5 Å². The molecule has 0 saturated carbocycles. The van der Waals surface area contributed by atoms with Crippen LogP contribution in [0, 0.1) is 5.95 Å². The number of pyridine rings is 1. The minimum atomic E-state index is -0.923. The number of benzene rings is 1. The van der Waals surface area contributed by atoms with Crippen LogP contribution in [0.1, 0.15) is 25.3 Å². The first-order valence-electron chi connectivity index (χ1n) is 8.08. The fraction of sp³-hybridized carbons (Fsp3) is 0.333. The van der Waals surface area contributed by atoms with Crippen LogP contribution < -0.4 is 15.4 Å². The molecule has 0 amide bonds. The van der Waals surface area contributed by atoms with Crippen LogP contribution in [0.4, 0.5) is 21.6 Å². The van der Waals surface area contributed by atoms with Crippen molar-refractivity contribution in [2.45, 2.75) is 19.8 Å². The highest BCUT2D eigenvalue weighted by Crippen LogP contribution is 2.39. The van der Waals surface area contributed by atoms with Crippen molar-refractivity contribution < 1.29 is 18.7 Å². The number of rotatable bonds is 7. The number of hydrogen-bond donors (Lipinski definition) is 2. The lowest BCUT2D eigenvalue weighted by Gasteiger charge is -2.17. The molecule has 0 atom stereocenters. The van der Waals surface area contributed by atoms with Gasteiger partial charge in [0.25, 0.3) is 0 Å². The third-order valence-electron chi connectivity index (χ3n) is 3.79. The molecule has 27 heavy (non-hydrogen) atoms. The van der Waals surface area contributed by atoms with Crippen LogP contribution in [0.25, 0.3) is 0 Å². The highest BCUT2D eigenvalue weighted by Gasteiger charge is 2.19. The Hall–Kier alpha value is -2.25. The van der Waals surface area contributed by atoms with E-state index in [2.05, 4.69) is 20.4 Å². The van der Waals surface area contributed by atoms with Gasteiger partial charge in [0.15, 0.2) is 5.82 Å². The number of nitrogens with zero attached hydrogens (tertiary/aromatic N) is 1. The van der Waals surface area contributed by atoms with E-state index in [1.165, 1.54) is 7.11 Å². The standard InChI is InChI=1S/C18H20Cl2FN3O3/c1-9(2)11-7-10(5-6-12(11)26-3)23-16-14(19)17(21)24-18(15(16)20)22-8-13(25)27-4/h5-7,9H,8H2,1-4H3,(H2,22,23,24). The van der Waals surface area contributed by atoms with Crippen molar-refractivity contribution >= 4 is 46.4 Å². The molecule has 146 valence electrons. The Morgan fingerprint density at radius 2 is 1.96 bits per heavy atom. The van der Waals surface area contributed by atoms with E-state index < -0.39 is 11.9 Å². The van der Waals surface area contributed by atoms with Crippen molar-refractivity contribution in [3.63, 3.8) is 0 Å². The summed E-state index contributed by atoms with van der Waals surface area (Å²) in [6.45, 7) is 3.84. The van der Waals surface area contributed by atoms with Crippen molar-refractivity contribution in [2.75, 3.05) is 31.4 Å². The van der Waals surface area contributed by atoms with Gasteiger partial charge < -0.3 is 20.1 Å². The van der Waals surface area contributed by atoms with Gasteiger partial charge in [-0.05, 0) is 29.7 Å². The number of ether oxygens (including phenoxy) is 2. The number of hydrogen-bond acceptors (Lipinski definition) is 6. The first kappa shape index (κ1) is 21.1. The zero-order valence-electron chi connectivity index (χ0n) is 15.3. The predicted octanol–water partition coefficient (Wildman–Crippen LogP) is 4.99. The Labute approximate surface area is 167 Å². The molecule has 0 bridgehead atoms. The number of carbonyl (C=O) groups excluding carboxylic acids is 1. The average Bonchev–Trinajstić information content (AvgIpc) is 2.66. The lowest BCUT2D eigenvalue weighted by molar-refractivity contribution is -0.138. The molecular weight excluding hydrogens is 396 g/mol. The molecule has 1 heterocycles. The van der Waals surface area contributed by atoms with E-state index in [0.29, 0.717) is 5.69 Å². The van der Waals surface area contributed by atoms with Gasteiger partial charge in [0.05, 0.1) is 19.9 Å². The van der Waals surface area contributed by atoms with Gasteiger partial charge in [0.2, 0.25) is 5.95 Å². The first-order chi connectivity index (χ1) is 12.8. The molecule has 0 unspecified atom stereocenters. The molecule has 6 nitrogen and oxygen atoms in total. The number of anilines is 3. The molecule has 2 N–H and O–H groups in total. The summed E-state index contributed by atoms with van der Waals surface area (Å²) in [7, 11) is 2.84. The highest BCUT2D eigenvalue weighted by atomic mass is 35.5. The molecule has 0 aliphatic heterocycles. The molecule has 0 radical (unpaired) electrons. The van der Waals surface area contributed by atoms with Crippen molar-refractivity contribution in [1.29, 1.82) is 0 Å². The van der Waals surface area contributed by atoms with Gasteiger partial charge in [-0.15, -0.1) is 0 Å². The minimum Gasteiger partial charge on any atom is -0.496 e. The quantitative estimate of drug-likeness (QED) is 0.490. The summed E-state index contributed by atoms with van der Waals surface area (Å²) in [5.41, 5.74) is 1.75. The van der Waals surface area contributed by atoms with Crippen LogP contribution in [0.2, 0.25) is 10.0 Å². The lowest BCUT2D eigenvalue weighted by Crippen LogP contribution is -2.16. The summed E-state index contributed by atoms with van der Waals surface area (Å²) in [5.74, 6) is -0.541. The maximum atomic E-state index is 14.1. The lowest BCUT2D eigenvalue weighted by atomic mass is 10.0. The summed E-state index contributed by atoms with van der Waals surface area (Å²) in [4.78, 5) is 14.9. The van der Waals surface area contributed by atoms with Gasteiger partial charge in [-0.2, -0.15) is 9.37 Å². The van der Waals surface area contributed by atoms with Gasteiger partial charge in [-0.1, -0.05) is 37.0 Å². The van der Waals surface area contributed by atoms with Crippen molar-refractivity contribution in [2.24, 2.45) is 0 Å². The smallest absolute Gasteiger partial charge is 0.325 e. The van der Waals surface area contributed by atoms with Crippen LogP contribution in [-0.4, -0.2) is 31.7 Å². The van der Waals surface area contributed by atoms with Gasteiger partial charge in [-0.25, -0.2) is 0 Å². The second kappa shape index (κ2) is 9.10. The summed E-state index contributed by atoms with van der Waals surface area (Å²) in [5, 5.41) is 5.43. The van der Waals surface area contributed by atoms with E-state index in [0.717, 1.165) is 11.3 Å². The Morgan fingerprint density at radius 3 is 2.56 bits per heavy atom. The highest BCUT2D eigenvalue weighted by molar-refractivity contribution is 6.40. The second-order valence-electron chi connectivity index (χ2n) is 5.92. The third kappa shape index (κ3) is 4.93. The Morgan fingerprint density at radius 1 is 1.26 bits per heavy atom. The summed E-state index contributed by atoms with van der Waals surface area (Å²) < 4.78 is 24.0. The molecule has 2 aromatic rings. The number of nitrogens with one attached hydrogen (secondary N) is 2. The monoisotopic (exact) mass is 415 g/mol. The molecule has 1 aromatic carbocycles. The molecule has 0 fully saturated rings. The van der Waals surface area contributed by atoms with Crippen LogP contribution in [0.5, 0.6) is 5.75 Å². The molecule has 0 aliphatic carbocycles. The predicted molar refractivity (Wildman–Crippen MR) is 105 cm³/mol. The van der Waals surface area contributed by atoms with Gasteiger partial charge in [0, 0.05) is 5.69 Å². The molecule has 9 heteroatoms. The van der Waals surface area contributed by atoms with Crippen LogP contribution in [-0.2, 0) is 9.53 Å². The van der Waals surface area contributed by atoms with E-state index in [1.807, 2.05) is 19.9 Å². The van der Waals surface area contributed by atoms with Crippen molar-refractivity contribution in [3.05, 3.63) is 39.8 Å². The average molecular weight is 416 g/mol. The number of esters is 1. The zero-order valence-corrected chi connectivity index (χ0v) is 16.8. The van der Waals surface area contributed by atoms with Gasteiger partial charge in [0.1, 0.15) is 22.3 Å². The Balaban J connectivity index is 2.39. The van der Waals surface area contributed by atoms with E-state index in [9.17, 15) is 9.18 Å². The fourth-order valence-electron chi connectivity index (χ4n) is 2.38. The van der Waals surface area contributed by atoms with E-state index in [-0.39, 0.29) is 34.0 Å². The fourth-order valence-corrected chi connectivity index (χ4v) is 2.86. The molecule has 0 aliphatic rings. The molecule has 0 spiro atoms. The largest absolute Gasteiger partial charge is 0.496 e.